The zero-order valence-corrected chi connectivity index (χ0v) is 22.6. The Hall–Kier alpha value is -4.29. The zero-order valence-electron chi connectivity index (χ0n) is 21.8. The van der Waals surface area contributed by atoms with Gasteiger partial charge >= 0.3 is 5.97 Å². The van der Waals surface area contributed by atoms with Gasteiger partial charge in [-0.1, -0.05) is 73.1 Å². The van der Waals surface area contributed by atoms with Crippen molar-refractivity contribution in [2.45, 2.75) is 39.6 Å². The van der Waals surface area contributed by atoms with E-state index in [1.54, 1.807) is 42.5 Å². The number of aryl methyl sites for hydroxylation is 1. The lowest BCUT2D eigenvalue weighted by molar-refractivity contribution is -0.145. The Balaban J connectivity index is 1.39. The smallest absolute Gasteiger partial charge is 0.349 e. The highest BCUT2D eigenvalue weighted by atomic mass is 35.5. The first-order valence-electron chi connectivity index (χ1n) is 12.6. The number of para-hydroxylation sites is 1. The fourth-order valence-electron chi connectivity index (χ4n) is 3.82. The molecule has 0 saturated heterocycles. The van der Waals surface area contributed by atoms with Crippen LogP contribution in [0.5, 0.6) is 17.2 Å². The van der Waals surface area contributed by atoms with E-state index in [2.05, 4.69) is 18.0 Å². The molecule has 4 aromatic rings. The summed E-state index contributed by atoms with van der Waals surface area (Å²) >= 11 is 6.40. The number of carboxylic acid groups (broad SMARTS) is 1. The average molecular weight is 544 g/mol. The lowest BCUT2D eigenvalue weighted by Gasteiger charge is -2.19. The van der Waals surface area contributed by atoms with Crippen LogP contribution in [0.15, 0.2) is 91.0 Å². The van der Waals surface area contributed by atoms with Gasteiger partial charge in [-0.05, 0) is 61.4 Å². The van der Waals surface area contributed by atoms with Crippen molar-refractivity contribution in [2.75, 3.05) is 0 Å². The molecule has 0 fully saturated rings. The molecule has 200 valence electrons. The maximum atomic E-state index is 11.9. The summed E-state index contributed by atoms with van der Waals surface area (Å²) in [6.45, 7) is 4.62. The van der Waals surface area contributed by atoms with E-state index < -0.39 is 12.1 Å². The summed E-state index contributed by atoms with van der Waals surface area (Å²) < 4.78 is 17.8. The van der Waals surface area contributed by atoms with Gasteiger partial charge in [-0.15, -0.1) is 0 Å². The SMILES string of the molecule is CC/C=C\c1nc(COc2ccc(OCc3cccc(Cl)c3OC(C(=O)O)c3ccccc3)cc2)ccc1C. The van der Waals surface area contributed by atoms with E-state index >= 15 is 0 Å². The Morgan fingerprint density at radius 2 is 1.62 bits per heavy atom. The minimum absolute atomic E-state index is 0.137. The van der Waals surface area contributed by atoms with Gasteiger partial charge < -0.3 is 19.3 Å². The van der Waals surface area contributed by atoms with Crippen LogP contribution in [0.3, 0.4) is 0 Å². The number of carboxylic acids is 1. The number of rotatable bonds is 12. The largest absolute Gasteiger partial charge is 0.489 e. The van der Waals surface area contributed by atoms with E-state index in [4.69, 9.17) is 25.8 Å². The highest BCUT2D eigenvalue weighted by Crippen LogP contribution is 2.34. The topological polar surface area (TPSA) is 77.9 Å². The molecule has 0 amide bonds. The van der Waals surface area contributed by atoms with Gasteiger partial charge in [0.05, 0.1) is 16.4 Å². The summed E-state index contributed by atoms with van der Waals surface area (Å²) in [5.74, 6) is 0.466. The molecule has 0 radical (unpaired) electrons. The van der Waals surface area contributed by atoms with Crippen molar-refractivity contribution >= 4 is 23.6 Å². The number of allylic oxidation sites excluding steroid dienone is 1. The summed E-state index contributed by atoms with van der Waals surface area (Å²) in [5.41, 5.74) is 4.06. The molecule has 1 heterocycles. The molecular weight excluding hydrogens is 514 g/mol. The van der Waals surface area contributed by atoms with Crippen molar-refractivity contribution in [3.8, 4) is 17.2 Å². The molecule has 1 aromatic heterocycles. The maximum absolute atomic E-state index is 11.9. The molecule has 3 aromatic carbocycles. The lowest BCUT2D eigenvalue weighted by atomic mass is 10.1. The number of aromatic nitrogens is 1. The molecule has 1 N–H and O–H groups in total. The lowest BCUT2D eigenvalue weighted by Crippen LogP contribution is -2.19. The molecule has 0 aliphatic carbocycles. The predicted molar refractivity (Wildman–Crippen MR) is 152 cm³/mol. The molecule has 0 bridgehead atoms. The van der Waals surface area contributed by atoms with Gasteiger partial charge in [-0.3, -0.25) is 0 Å². The zero-order chi connectivity index (χ0) is 27.6. The third kappa shape index (κ3) is 7.62. The Bertz CT molecular complexity index is 1420. The summed E-state index contributed by atoms with van der Waals surface area (Å²) in [7, 11) is 0. The highest BCUT2D eigenvalue weighted by Gasteiger charge is 2.24. The van der Waals surface area contributed by atoms with Gasteiger partial charge in [0.1, 0.15) is 30.5 Å². The van der Waals surface area contributed by atoms with E-state index in [0.29, 0.717) is 34.3 Å². The maximum Gasteiger partial charge on any atom is 0.349 e. The molecular formula is C32H30ClNO5. The normalized spacial score (nSPS) is 11.8. The third-order valence-corrected chi connectivity index (χ3v) is 6.22. The first-order chi connectivity index (χ1) is 18.9. The van der Waals surface area contributed by atoms with Crippen LogP contribution in [0.25, 0.3) is 6.08 Å². The number of ether oxygens (including phenoxy) is 3. The van der Waals surface area contributed by atoms with E-state index in [9.17, 15) is 9.90 Å². The number of halogens is 1. The van der Waals surface area contributed by atoms with Gasteiger partial charge in [-0.25, -0.2) is 9.78 Å². The summed E-state index contributed by atoms with van der Waals surface area (Å²) in [6, 6.07) is 25.2. The molecule has 6 nitrogen and oxygen atoms in total. The van der Waals surface area contributed by atoms with Gasteiger partial charge in [0, 0.05) is 11.1 Å². The van der Waals surface area contributed by atoms with Crippen molar-refractivity contribution in [1.82, 2.24) is 4.98 Å². The first kappa shape index (κ1) is 27.7. The number of hydrogen-bond acceptors (Lipinski definition) is 5. The minimum atomic E-state index is -1.21. The molecule has 0 saturated carbocycles. The second-order valence-corrected chi connectivity index (χ2v) is 9.25. The van der Waals surface area contributed by atoms with Gasteiger partial charge in [0.15, 0.2) is 0 Å². The van der Waals surface area contributed by atoms with Crippen LogP contribution >= 0.6 is 11.6 Å². The summed E-state index contributed by atoms with van der Waals surface area (Å²) in [5, 5.41) is 10.1. The second-order valence-electron chi connectivity index (χ2n) is 8.84. The minimum Gasteiger partial charge on any atom is -0.489 e. The number of benzene rings is 3. The fraction of sp³-hybridized carbons (Fsp3) is 0.188. The molecule has 0 spiro atoms. The molecule has 1 atom stereocenters. The first-order valence-corrected chi connectivity index (χ1v) is 13.0. The van der Waals surface area contributed by atoms with Gasteiger partial charge in [0.2, 0.25) is 6.10 Å². The van der Waals surface area contributed by atoms with Crippen molar-refractivity contribution in [2.24, 2.45) is 0 Å². The Kier molecular flexibility index (Phi) is 9.59. The van der Waals surface area contributed by atoms with Crippen molar-refractivity contribution in [3.63, 3.8) is 0 Å². The Morgan fingerprint density at radius 1 is 0.923 bits per heavy atom. The highest BCUT2D eigenvalue weighted by molar-refractivity contribution is 6.32. The van der Waals surface area contributed by atoms with Crippen molar-refractivity contribution < 1.29 is 24.1 Å². The quantitative estimate of drug-likeness (QED) is 0.196. The number of pyridine rings is 1. The Morgan fingerprint density at radius 3 is 2.28 bits per heavy atom. The molecule has 7 heteroatoms. The molecule has 4 rings (SSSR count). The number of carbonyl (C=O) groups is 1. The number of hydrogen-bond donors (Lipinski definition) is 1. The van der Waals surface area contributed by atoms with Crippen LogP contribution < -0.4 is 14.2 Å². The molecule has 0 aliphatic heterocycles. The Labute approximate surface area is 233 Å². The molecule has 0 aliphatic rings. The summed E-state index contributed by atoms with van der Waals surface area (Å²) in [6.07, 6.45) is 3.87. The van der Waals surface area contributed by atoms with Crippen molar-refractivity contribution in [1.29, 1.82) is 0 Å². The van der Waals surface area contributed by atoms with Gasteiger partial charge in [-0.2, -0.15) is 0 Å². The van der Waals surface area contributed by atoms with E-state index in [-0.39, 0.29) is 12.4 Å². The van der Waals surface area contributed by atoms with E-state index in [1.807, 2.05) is 55.5 Å². The van der Waals surface area contributed by atoms with Crippen LogP contribution in [0.2, 0.25) is 5.02 Å². The average Bonchev–Trinajstić information content (AvgIpc) is 2.95. The fourth-order valence-corrected chi connectivity index (χ4v) is 4.06. The molecule has 1 unspecified atom stereocenters. The van der Waals surface area contributed by atoms with E-state index in [0.717, 1.165) is 23.4 Å². The van der Waals surface area contributed by atoms with E-state index in [1.165, 1.54) is 0 Å². The van der Waals surface area contributed by atoms with Crippen molar-refractivity contribution in [3.05, 3.63) is 124 Å². The number of aliphatic carboxylic acids is 1. The van der Waals surface area contributed by atoms with Gasteiger partial charge in [0.25, 0.3) is 0 Å². The standard InChI is InChI=1S/C32H30ClNO5/c1-3-4-13-29-22(2)14-15-25(34-29)21-38-27-18-16-26(17-19-27)37-20-24-11-8-12-28(33)30(24)39-31(32(35)36)23-9-6-5-7-10-23/h4-19,31H,3,20-21H2,1-2H3,(H,35,36)/b13-4-. The second kappa shape index (κ2) is 13.5. The van der Waals surface area contributed by atoms with Crippen LogP contribution in [0, 0.1) is 6.92 Å². The van der Waals surface area contributed by atoms with Crippen LogP contribution in [0.1, 0.15) is 47.5 Å². The van der Waals surface area contributed by atoms with Crippen LogP contribution in [-0.4, -0.2) is 16.1 Å². The summed E-state index contributed by atoms with van der Waals surface area (Å²) in [4.78, 5) is 16.6. The molecule has 39 heavy (non-hydrogen) atoms. The third-order valence-electron chi connectivity index (χ3n) is 5.92. The predicted octanol–water partition coefficient (Wildman–Crippen LogP) is 7.83. The van der Waals surface area contributed by atoms with Crippen LogP contribution in [0.4, 0.5) is 0 Å². The number of nitrogens with zero attached hydrogens (tertiary/aromatic N) is 1. The van der Waals surface area contributed by atoms with Crippen LogP contribution in [-0.2, 0) is 18.0 Å². The monoisotopic (exact) mass is 543 g/mol.